The summed E-state index contributed by atoms with van der Waals surface area (Å²) in [7, 11) is 1.53. The van der Waals surface area contributed by atoms with E-state index in [-0.39, 0.29) is 25.0 Å². The number of hydrogen-bond donors (Lipinski definition) is 0. The number of hydrogen-bond acceptors (Lipinski definition) is 6. The minimum absolute atomic E-state index is 0.0584. The number of carbonyl (C=O) groups excluding carboxylic acids is 2. The second-order valence-electron chi connectivity index (χ2n) is 5.29. The molecule has 0 radical (unpaired) electrons. The molecule has 0 aromatic carbocycles. The SMILES string of the molecule is COc1cc2c(nn1)CCN(C(=O)CN1CCOCC1=O)C2. The summed E-state index contributed by atoms with van der Waals surface area (Å²) in [4.78, 5) is 27.4. The van der Waals surface area contributed by atoms with Crippen LogP contribution in [0.1, 0.15) is 11.3 Å². The van der Waals surface area contributed by atoms with Gasteiger partial charge in [-0.3, -0.25) is 9.59 Å². The predicted octanol–water partition coefficient (Wildman–Crippen LogP) is -0.771. The lowest BCUT2D eigenvalue weighted by molar-refractivity contribution is -0.148. The van der Waals surface area contributed by atoms with Gasteiger partial charge in [0.2, 0.25) is 17.7 Å². The number of carbonyl (C=O) groups is 2. The lowest BCUT2D eigenvalue weighted by Gasteiger charge is -2.32. The molecule has 0 aliphatic carbocycles. The zero-order valence-electron chi connectivity index (χ0n) is 12.4. The van der Waals surface area contributed by atoms with E-state index in [9.17, 15) is 9.59 Å². The highest BCUT2D eigenvalue weighted by Gasteiger charge is 2.26. The molecule has 2 aliphatic rings. The van der Waals surface area contributed by atoms with Gasteiger partial charge in [0.05, 0.1) is 26.0 Å². The highest BCUT2D eigenvalue weighted by Crippen LogP contribution is 2.20. The maximum Gasteiger partial charge on any atom is 0.249 e. The maximum absolute atomic E-state index is 12.4. The standard InChI is InChI=1S/C14H18N4O4/c1-21-12-6-10-7-17(3-2-11(10)15-16-12)13(19)8-18-4-5-22-9-14(18)20/h6H,2-5,7-9H2,1H3. The molecule has 1 fully saturated rings. The molecule has 3 rings (SSSR count). The van der Waals surface area contributed by atoms with Gasteiger partial charge in [-0.1, -0.05) is 0 Å². The van der Waals surface area contributed by atoms with E-state index in [1.165, 1.54) is 7.11 Å². The Morgan fingerprint density at radius 2 is 2.27 bits per heavy atom. The van der Waals surface area contributed by atoms with Gasteiger partial charge in [-0.05, 0) is 0 Å². The average molecular weight is 306 g/mol. The summed E-state index contributed by atoms with van der Waals surface area (Å²) >= 11 is 0. The van der Waals surface area contributed by atoms with Crippen LogP contribution in [0.15, 0.2) is 6.07 Å². The van der Waals surface area contributed by atoms with E-state index in [4.69, 9.17) is 9.47 Å². The van der Waals surface area contributed by atoms with Crippen LogP contribution in [0.2, 0.25) is 0 Å². The lowest BCUT2D eigenvalue weighted by Crippen LogP contribution is -2.48. The van der Waals surface area contributed by atoms with Crippen molar-refractivity contribution in [1.29, 1.82) is 0 Å². The third-order valence-electron chi connectivity index (χ3n) is 3.89. The quantitative estimate of drug-likeness (QED) is 0.729. The largest absolute Gasteiger partial charge is 0.480 e. The molecule has 1 aromatic heterocycles. The Bertz CT molecular complexity index is 592. The van der Waals surface area contributed by atoms with Crippen LogP contribution < -0.4 is 4.74 Å². The zero-order valence-corrected chi connectivity index (χ0v) is 12.4. The molecule has 8 nitrogen and oxygen atoms in total. The Morgan fingerprint density at radius 3 is 3.05 bits per heavy atom. The minimum Gasteiger partial charge on any atom is -0.480 e. The summed E-state index contributed by atoms with van der Waals surface area (Å²) in [6.07, 6.45) is 0.662. The smallest absolute Gasteiger partial charge is 0.249 e. The van der Waals surface area contributed by atoms with Gasteiger partial charge in [0.25, 0.3) is 0 Å². The van der Waals surface area contributed by atoms with Gasteiger partial charge in [0, 0.05) is 37.7 Å². The van der Waals surface area contributed by atoms with Crippen molar-refractivity contribution in [2.45, 2.75) is 13.0 Å². The van der Waals surface area contributed by atoms with Crippen LogP contribution in [0.3, 0.4) is 0 Å². The highest BCUT2D eigenvalue weighted by molar-refractivity contribution is 5.85. The number of rotatable bonds is 3. The first-order valence-corrected chi connectivity index (χ1v) is 7.20. The average Bonchev–Trinajstić information content (AvgIpc) is 2.55. The molecule has 0 atom stereocenters. The van der Waals surface area contributed by atoms with E-state index in [0.717, 1.165) is 11.3 Å². The third kappa shape index (κ3) is 3.01. The lowest BCUT2D eigenvalue weighted by atomic mass is 10.1. The van der Waals surface area contributed by atoms with E-state index in [1.807, 2.05) is 6.07 Å². The monoisotopic (exact) mass is 306 g/mol. The Hall–Kier alpha value is -2.22. The number of methoxy groups -OCH3 is 1. The van der Waals surface area contributed by atoms with Crippen LogP contribution in [-0.2, 0) is 27.3 Å². The number of nitrogens with zero attached hydrogens (tertiary/aromatic N) is 4. The molecule has 1 saturated heterocycles. The fraction of sp³-hybridized carbons (Fsp3) is 0.571. The normalized spacial score (nSPS) is 18.1. The molecule has 0 bridgehead atoms. The molecule has 2 aliphatic heterocycles. The van der Waals surface area contributed by atoms with E-state index in [0.29, 0.717) is 38.5 Å². The van der Waals surface area contributed by atoms with E-state index in [1.54, 1.807) is 9.80 Å². The van der Waals surface area contributed by atoms with Gasteiger partial charge in [-0.2, -0.15) is 5.10 Å². The molecule has 3 heterocycles. The van der Waals surface area contributed by atoms with E-state index in [2.05, 4.69) is 10.2 Å². The Kier molecular flexibility index (Phi) is 4.19. The Morgan fingerprint density at radius 1 is 1.41 bits per heavy atom. The van der Waals surface area contributed by atoms with Crippen molar-refractivity contribution in [3.05, 3.63) is 17.3 Å². The first-order valence-electron chi connectivity index (χ1n) is 7.20. The van der Waals surface area contributed by atoms with Crippen LogP contribution in [-0.4, -0.2) is 71.8 Å². The van der Waals surface area contributed by atoms with Crippen molar-refractivity contribution in [2.24, 2.45) is 0 Å². The topological polar surface area (TPSA) is 84.9 Å². The summed E-state index contributed by atoms with van der Waals surface area (Å²) in [5.41, 5.74) is 1.84. The van der Waals surface area contributed by atoms with Crippen LogP contribution in [0.25, 0.3) is 0 Å². The maximum atomic E-state index is 12.4. The summed E-state index contributed by atoms with van der Waals surface area (Å²) in [6.45, 7) is 2.17. The van der Waals surface area contributed by atoms with Gasteiger partial charge in [-0.25, -0.2) is 0 Å². The molecular weight excluding hydrogens is 288 g/mol. The Labute approximate surface area is 128 Å². The van der Waals surface area contributed by atoms with Crippen molar-refractivity contribution in [3.63, 3.8) is 0 Å². The van der Waals surface area contributed by atoms with Gasteiger partial charge in [-0.15, -0.1) is 5.10 Å². The molecule has 0 saturated carbocycles. The van der Waals surface area contributed by atoms with Crippen molar-refractivity contribution >= 4 is 11.8 Å². The van der Waals surface area contributed by atoms with Gasteiger partial charge in [0.15, 0.2) is 0 Å². The van der Waals surface area contributed by atoms with E-state index < -0.39 is 0 Å². The van der Waals surface area contributed by atoms with E-state index >= 15 is 0 Å². The molecule has 8 heteroatoms. The second kappa shape index (κ2) is 6.27. The number of ether oxygens (including phenoxy) is 2. The second-order valence-corrected chi connectivity index (χ2v) is 5.29. The number of fused-ring (bicyclic) bond motifs is 1. The zero-order chi connectivity index (χ0) is 15.5. The van der Waals surface area contributed by atoms with Crippen molar-refractivity contribution in [2.75, 3.05) is 40.0 Å². The molecule has 1 aromatic rings. The van der Waals surface area contributed by atoms with Crippen LogP contribution in [0.5, 0.6) is 5.88 Å². The van der Waals surface area contributed by atoms with Gasteiger partial charge >= 0.3 is 0 Å². The van der Waals surface area contributed by atoms with Crippen LogP contribution in [0.4, 0.5) is 0 Å². The molecular formula is C14H18N4O4. The molecule has 0 spiro atoms. The van der Waals surface area contributed by atoms with Gasteiger partial charge in [0.1, 0.15) is 6.61 Å². The number of amides is 2. The first-order chi connectivity index (χ1) is 10.7. The minimum atomic E-state index is -0.135. The number of morpholine rings is 1. The summed E-state index contributed by atoms with van der Waals surface area (Å²) < 4.78 is 10.1. The molecule has 22 heavy (non-hydrogen) atoms. The molecule has 0 N–H and O–H groups in total. The summed E-state index contributed by atoms with van der Waals surface area (Å²) in [5, 5.41) is 8.06. The highest BCUT2D eigenvalue weighted by atomic mass is 16.5. The fourth-order valence-corrected chi connectivity index (χ4v) is 2.60. The fourth-order valence-electron chi connectivity index (χ4n) is 2.60. The summed E-state index contributed by atoms with van der Waals surface area (Å²) in [6, 6.07) is 1.81. The van der Waals surface area contributed by atoms with Crippen molar-refractivity contribution < 1.29 is 19.1 Å². The van der Waals surface area contributed by atoms with Crippen molar-refractivity contribution in [1.82, 2.24) is 20.0 Å². The molecule has 2 amide bonds. The Balaban J connectivity index is 1.65. The molecule has 0 unspecified atom stereocenters. The van der Waals surface area contributed by atoms with Gasteiger partial charge < -0.3 is 19.3 Å². The first kappa shape index (κ1) is 14.7. The third-order valence-corrected chi connectivity index (χ3v) is 3.89. The summed E-state index contributed by atoms with van der Waals surface area (Å²) in [5.74, 6) is 0.248. The number of aromatic nitrogens is 2. The van der Waals surface area contributed by atoms with Crippen LogP contribution in [0, 0.1) is 0 Å². The molecule has 118 valence electrons. The van der Waals surface area contributed by atoms with Crippen molar-refractivity contribution in [3.8, 4) is 5.88 Å². The van der Waals surface area contributed by atoms with Crippen LogP contribution >= 0.6 is 0 Å². The predicted molar refractivity (Wildman–Crippen MR) is 75.1 cm³/mol.